The highest BCUT2D eigenvalue weighted by Crippen LogP contribution is 2.39. The number of fused-ring (bicyclic) bond motifs is 2. The molecule has 0 radical (unpaired) electrons. The van der Waals surface area contributed by atoms with Crippen LogP contribution in [0.4, 0.5) is 4.79 Å². The fourth-order valence-electron chi connectivity index (χ4n) is 4.79. The molecule has 0 saturated heterocycles. The van der Waals surface area contributed by atoms with Gasteiger partial charge in [-0.25, -0.2) is 4.79 Å². The van der Waals surface area contributed by atoms with E-state index in [2.05, 4.69) is 11.4 Å². The first-order valence-electron chi connectivity index (χ1n) is 11.6. The number of hydrogen-bond donors (Lipinski definition) is 1. The van der Waals surface area contributed by atoms with E-state index in [1.165, 1.54) is 12.7 Å². The van der Waals surface area contributed by atoms with Crippen LogP contribution in [0.25, 0.3) is 0 Å². The number of aryl methyl sites for hydroxylation is 1. The monoisotopic (exact) mass is 473 g/mol. The van der Waals surface area contributed by atoms with Gasteiger partial charge in [-0.1, -0.05) is 36.4 Å². The van der Waals surface area contributed by atoms with Crippen molar-refractivity contribution in [2.45, 2.75) is 37.5 Å². The first kappa shape index (κ1) is 22.8. The van der Waals surface area contributed by atoms with Crippen LogP contribution in [0.1, 0.15) is 52.0 Å². The van der Waals surface area contributed by atoms with Crippen LogP contribution in [0.2, 0.25) is 0 Å². The summed E-state index contributed by atoms with van der Waals surface area (Å²) in [6.07, 6.45) is 0.0824. The second kappa shape index (κ2) is 9.70. The van der Waals surface area contributed by atoms with Crippen LogP contribution in [0, 0.1) is 0 Å². The molecule has 0 bridgehead atoms. The van der Waals surface area contributed by atoms with Gasteiger partial charge in [0.15, 0.2) is 6.10 Å². The number of ketones is 1. The van der Waals surface area contributed by atoms with Gasteiger partial charge in [-0.2, -0.15) is 0 Å². The van der Waals surface area contributed by atoms with Crippen molar-refractivity contribution in [2.24, 2.45) is 0 Å². The van der Waals surface area contributed by atoms with Crippen molar-refractivity contribution < 1.29 is 28.5 Å². The molecule has 35 heavy (non-hydrogen) atoms. The van der Waals surface area contributed by atoms with E-state index in [4.69, 9.17) is 18.9 Å². The molecule has 0 spiro atoms. The number of hydrogen-bond acceptors (Lipinski definition) is 6. The van der Waals surface area contributed by atoms with Gasteiger partial charge in [0.25, 0.3) is 0 Å². The summed E-state index contributed by atoms with van der Waals surface area (Å²) >= 11 is 0. The minimum Gasteiger partial charge on any atom is -0.497 e. The Morgan fingerprint density at radius 1 is 0.971 bits per heavy atom. The average Bonchev–Trinajstić information content (AvgIpc) is 2.90. The lowest BCUT2D eigenvalue weighted by Crippen LogP contribution is -2.43. The number of carbonyl (C=O) groups excluding carboxylic acids is 2. The van der Waals surface area contributed by atoms with Crippen LogP contribution in [0.15, 0.2) is 66.7 Å². The maximum Gasteiger partial charge on any atom is 0.408 e. The zero-order valence-corrected chi connectivity index (χ0v) is 19.7. The molecule has 0 fully saturated rings. The van der Waals surface area contributed by atoms with E-state index < -0.39 is 18.3 Å². The van der Waals surface area contributed by atoms with Gasteiger partial charge in [-0.3, -0.25) is 4.79 Å². The molecule has 0 aromatic heterocycles. The molecular formula is C28H27NO6. The summed E-state index contributed by atoms with van der Waals surface area (Å²) in [6.45, 7) is 0. The van der Waals surface area contributed by atoms with Gasteiger partial charge in [-0.05, 0) is 60.7 Å². The summed E-state index contributed by atoms with van der Waals surface area (Å²) in [5.41, 5.74) is 3.28. The van der Waals surface area contributed by atoms with Crippen molar-refractivity contribution in [2.75, 3.05) is 14.2 Å². The van der Waals surface area contributed by atoms with Crippen LogP contribution >= 0.6 is 0 Å². The van der Waals surface area contributed by atoms with E-state index in [9.17, 15) is 9.59 Å². The Hall–Kier alpha value is -4.00. The van der Waals surface area contributed by atoms with E-state index in [0.29, 0.717) is 28.4 Å². The number of Topliss-reactive ketones (excluding diaryl/α,β-unsaturated/α-hetero) is 1. The predicted molar refractivity (Wildman–Crippen MR) is 129 cm³/mol. The molecule has 3 aromatic carbocycles. The Morgan fingerprint density at radius 3 is 2.60 bits per heavy atom. The normalized spacial score (nSPS) is 20.6. The lowest BCUT2D eigenvalue weighted by molar-refractivity contribution is 0.00795. The predicted octanol–water partition coefficient (Wildman–Crippen LogP) is 5.19. The fourth-order valence-corrected chi connectivity index (χ4v) is 4.79. The first-order valence-corrected chi connectivity index (χ1v) is 11.6. The highest BCUT2D eigenvalue weighted by atomic mass is 16.6. The van der Waals surface area contributed by atoms with Crippen molar-refractivity contribution in [3.05, 3.63) is 89.0 Å². The number of rotatable bonds is 5. The fraction of sp³-hybridized carbons (Fsp3) is 0.286. The molecule has 1 N–H and O–H groups in total. The average molecular weight is 474 g/mol. The summed E-state index contributed by atoms with van der Waals surface area (Å²) < 4.78 is 22.6. The van der Waals surface area contributed by atoms with Crippen molar-refractivity contribution in [3.63, 3.8) is 0 Å². The van der Waals surface area contributed by atoms with Crippen LogP contribution in [0.5, 0.6) is 17.2 Å². The molecular weight excluding hydrogens is 446 g/mol. The van der Waals surface area contributed by atoms with Gasteiger partial charge in [0.05, 0.1) is 25.8 Å². The number of methoxy groups -OCH3 is 2. The number of ether oxygens (including phenoxy) is 4. The zero-order valence-electron chi connectivity index (χ0n) is 19.7. The summed E-state index contributed by atoms with van der Waals surface area (Å²) in [5, 5.41) is 2.97. The smallest absolute Gasteiger partial charge is 0.408 e. The second-order valence-electron chi connectivity index (χ2n) is 8.66. The molecule has 1 aliphatic carbocycles. The Balaban J connectivity index is 1.44. The van der Waals surface area contributed by atoms with Gasteiger partial charge < -0.3 is 24.3 Å². The van der Waals surface area contributed by atoms with Crippen LogP contribution in [-0.4, -0.2) is 32.2 Å². The van der Waals surface area contributed by atoms with Gasteiger partial charge in [0.2, 0.25) is 11.9 Å². The second-order valence-corrected chi connectivity index (χ2v) is 8.66. The first-order chi connectivity index (χ1) is 17.1. The van der Waals surface area contributed by atoms with Crippen molar-refractivity contribution in [1.82, 2.24) is 5.32 Å². The molecule has 1 aliphatic heterocycles. The topological polar surface area (TPSA) is 83.1 Å². The number of nitrogens with one attached hydrogen (secondary N) is 1. The molecule has 7 nitrogen and oxygen atoms in total. The maximum atomic E-state index is 13.6. The lowest BCUT2D eigenvalue weighted by Gasteiger charge is -2.33. The molecule has 1 amide bonds. The molecule has 2 aliphatic rings. The third-order valence-electron chi connectivity index (χ3n) is 6.56. The minimum absolute atomic E-state index is 0.172. The SMILES string of the molecule is COc1cccc([C@@H]2Oc3ccc(OC)cc3C(=O)[C@@H]2OC(=O)N[C@H]2CCCc3ccccc32)c1. The summed E-state index contributed by atoms with van der Waals surface area (Å²) in [6, 6.07) is 20.1. The quantitative estimate of drug-likeness (QED) is 0.549. The number of benzene rings is 3. The maximum absolute atomic E-state index is 13.6. The van der Waals surface area contributed by atoms with E-state index in [1.807, 2.05) is 30.3 Å². The van der Waals surface area contributed by atoms with Crippen molar-refractivity contribution >= 4 is 11.9 Å². The third-order valence-corrected chi connectivity index (χ3v) is 6.56. The third kappa shape index (κ3) is 4.54. The largest absolute Gasteiger partial charge is 0.497 e. The molecule has 180 valence electrons. The summed E-state index contributed by atoms with van der Waals surface area (Å²) in [5.74, 6) is 1.19. The summed E-state index contributed by atoms with van der Waals surface area (Å²) in [4.78, 5) is 26.7. The minimum atomic E-state index is -1.18. The molecule has 5 rings (SSSR count). The zero-order chi connectivity index (χ0) is 24.4. The van der Waals surface area contributed by atoms with Gasteiger partial charge in [0, 0.05) is 5.56 Å². The Labute approximate surface area is 204 Å². The number of carbonyl (C=O) groups is 2. The van der Waals surface area contributed by atoms with E-state index in [0.717, 1.165) is 24.8 Å². The van der Waals surface area contributed by atoms with Crippen molar-refractivity contribution in [1.29, 1.82) is 0 Å². The Kier molecular flexibility index (Phi) is 6.31. The van der Waals surface area contributed by atoms with E-state index in [1.54, 1.807) is 37.4 Å². The van der Waals surface area contributed by atoms with Gasteiger partial charge in [-0.15, -0.1) is 0 Å². The molecule has 3 aromatic rings. The Morgan fingerprint density at radius 2 is 1.77 bits per heavy atom. The number of alkyl carbamates (subject to hydrolysis) is 1. The standard InChI is InChI=1S/C28H27NO6/c1-32-19-10-5-9-18(15-19)26-27(25(30)22-16-20(33-2)13-14-24(22)34-26)35-28(31)29-23-12-6-8-17-7-3-4-11-21(17)23/h3-5,7,9-11,13-16,23,26-27H,6,8,12H2,1-2H3,(H,29,31)/t23-,26-,27-/m0/s1. The van der Waals surface area contributed by atoms with Crippen molar-refractivity contribution in [3.8, 4) is 17.2 Å². The van der Waals surface area contributed by atoms with Gasteiger partial charge >= 0.3 is 6.09 Å². The number of amides is 1. The van der Waals surface area contributed by atoms with Crippen LogP contribution in [-0.2, 0) is 11.2 Å². The lowest BCUT2D eigenvalue weighted by atomic mass is 9.88. The highest BCUT2D eigenvalue weighted by molar-refractivity contribution is 6.04. The van der Waals surface area contributed by atoms with E-state index >= 15 is 0 Å². The highest BCUT2D eigenvalue weighted by Gasteiger charge is 2.42. The molecule has 0 unspecified atom stereocenters. The molecule has 7 heteroatoms. The molecule has 3 atom stereocenters. The molecule has 0 saturated carbocycles. The molecule has 1 heterocycles. The van der Waals surface area contributed by atoms with Gasteiger partial charge in [0.1, 0.15) is 17.2 Å². The van der Waals surface area contributed by atoms with E-state index in [-0.39, 0.29) is 11.8 Å². The van der Waals surface area contributed by atoms with Crippen LogP contribution < -0.4 is 19.5 Å². The van der Waals surface area contributed by atoms with Crippen LogP contribution in [0.3, 0.4) is 0 Å². The Bertz CT molecular complexity index is 1260. The summed E-state index contributed by atoms with van der Waals surface area (Å²) in [7, 11) is 3.09.